The van der Waals surface area contributed by atoms with E-state index in [1.54, 1.807) is 27.3 Å². The summed E-state index contributed by atoms with van der Waals surface area (Å²) in [6.07, 6.45) is 0. The van der Waals surface area contributed by atoms with Crippen molar-refractivity contribution in [1.29, 1.82) is 0 Å². The first-order chi connectivity index (χ1) is 10.5. The number of H-pyrrole nitrogens is 1. The molecule has 22 heavy (non-hydrogen) atoms. The van der Waals surface area contributed by atoms with Crippen LogP contribution < -0.4 is 15.0 Å². The fourth-order valence-corrected chi connectivity index (χ4v) is 2.54. The predicted octanol–water partition coefficient (Wildman–Crippen LogP) is 2.48. The van der Waals surface area contributed by atoms with Crippen molar-refractivity contribution < 1.29 is 9.47 Å². The largest absolute Gasteiger partial charge is 0.497 e. The number of hydrogen-bond acceptors (Lipinski definition) is 4. The molecule has 116 valence electrons. The highest BCUT2D eigenvalue weighted by molar-refractivity contribution is 6.14. The van der Waals surface area contributed by atoms with Gasteiger partial charge in [-0.15, -0.1) is 0 Å². The normalized spacial score (nSPS) is 11.4. The number of benzene rings is 1. The molecule has 0 fully saturated rings. The molecule has 5 nitrogen and oxygen atoms in total. The minimum Gasteiger partial charge on any atom is -0.497 e. The Bertz CT molecular complexity index is 727. The van der Waals surface area contributed by atoms with Gasteiger partial charge in [-0.25, -0.2) is 0 Å². The van der Waals surface area contributed by atoms with Crippen molar-refractivity contribution in [1.82, 2.24) is 4.98 Å². The predicted molar refractivity (Wildman–Crippen MR) is 87.6 cm³/mol. The molecule has 2 aromatic rings. The van der Waals surface area contributed by atoms with E-state index in [-0.39, 0.29) is 5.56 Å². The molecule has 0 spiro atoms. The Morgan fingerprint density at radius 2 is 1.64 bits per heavy atom. The number of aryl methyl sites for hydroxylation is 2. The lowest BCUT2D eigenvalue weighted by Crippen LogP contribution is -2.16. The molecule has 0 amide bonds. The summed E-state index contributed by atoms with van der Waals surface area (Å²) < 4.78 is 10.6. The van der Waals surface area contributed by atoms with Crippen molar-refractivity contribution >= 4 is 5.71 Å². The summed E-state index contributed by atoms with van der Waals surface area (Å²) in [5.41, 5.74) is 4.12. The Hall–Kier alpha value is -2.56. The molecule has 0 aliphatic heterocycles. The van der Waals surface area contributed by atoms with Crippen molar-refractivity contribution in [3.63, 3.8) is 0 Å². The number of methoxy groups -OCH3 is 2. The third-order valence-electron chi connectivity index (χ3n) is 3.51. The second-order valence-electron chi connectivity index (χ2n) is 4.99. The van der Waals surface area contributed by atoms with Crippen LogP contribution in [0.5, 0.6) is 11.5 Å². The van der Waals surface area contributed by atoms with Gasteiger partial charge < -0.3 is 14.5 Å². The highest BCUT2D eigenvalue weighted by Gasteiger charge is 2.15. The van der Waals surface area contributed by atoms with E-state index in [0.717, 1.165) is 28.1 Å². The van der Waals surface area contributed by atoms with Gasteiger partial charge in [-0.1, -0.05) is 0 Å². The van der Waals surface area contributed by atoms with E-state index < -0.39 is 0 Å². The average molecular weight is 300 g/mol. The van der Waals surface area contributed by atoms with Crippen LogP contribution in [-0.4, -0.2) is 32.0 Å². The lowest BCUT2D eigenvalue weighted by molar-refractivity contribution is 0.394. The van der Waals surface area contributed by atoms with Crippen LogP contribution in [0.4, 0.5) is 0 Å². The van der Waals surface area contributed by atoms with Crippen molar-refractivity contribution in [2.75, 3.05) is 21.3 Å². The van der Waals surface area contributed by atoms with Crippen molar-refractivity contribution in [2.45, 2.75) is 13.8 Å². The first kappa shape index (κ1) is 15.8. The summed E-state index contributed by atoms with van der Waals surface area (Å²) >= 11 is 0. The van der Waals surface area contributed by atoms with E-state index in [1.165, 1.54) is 0 Å². The van der Waals surface area contributed by atoms with Crippen molar-refractivity contribution in [3.05, 3.63) is 57.0 Å². The average Bonchev–Trinajstić information content (AvgIpc) is 2.49. The van der Waals surface area contributed by atoms with Gasteiger partial charge in [0.05, 0.1) is 19.9 Å². The van der Waals surface area contributed by atoms with Crippen LogP contribution in [-0.2, 0) is 0 Å². The number of aromatic amines is 1. The lowest BCUT2D eigenvalue weighted by Gasteiger charge is -2.14. The van der Waals surface area contributed by atoms with E-state index in [9.17, 15) is 4.79 Å². The van der Waals surface area contributed by atoms with Crippen LogP contribution in [0, 0.1) is 13.8 Å². The zero-order valence-electron chi connectivity index (χ0n) is 13.5. The monoisotopic (exact) mass is 300 g/mol. The minimum atomic E-state index is -0.113. The standard InChI is InChI=1S/C17H20N2O3/c1-10-6-15(20)19-11(2)16(10)17(18-3)12-7-13(21-4)9-14(8-12)22-5/h6-9H,1-5H3,(H,19,20)/b18-17-. The molecule has 1 aromatic heterocycles. The second-order valence-corrected chi connectivity index (χ2v) is 4.99. The molecule has 1 aromatic carbocycles. The fraction of sp³-hybridized carbons (Fsp3) is 0.294. The SMILES string of the molecule is C/N=C(/c1cc(OC)cc(OC)c1)c1c(C)cc(=O)[nH]c1C. The summed E-state index contributed by atoms with van der Waals surface area (Å²) in [6.45, 7) is 3.77. The molecule has 2 rings (SSSR count). The molecule has 1 heterocycles. The number of aromatic nitrogens is 1. The molecule has 0 radical (unpaired) electrons. The van der Waals surface area contributed by atoms with Crippen LogP contribution in [0.15, 0.2) is 34.1 Å². The maximum absolute atomic E-state index is 11.6. The summed E-state index contributed by atoms with van der Waals surface area (Å²) in [5, 5.41) is 0. The zero-order chi connectivity index (χ0) is 16.3. The van der Waals surface area contributed by atoms with Gasteiger partial charge in [0.1, 0.15) is 11.5 Å². The molecular weight excluding hydrogens is 280 g/mol. The minimum absolute atomic E-state index is 0.113. The maximum atomic E-state index is 11.6. The Morgan fingerprint density at radius 1 is 1.05 bits per heavy atom. The molecule has 0 aliphatic rings. The first-order valence-electron chi connectivity index (χ1n) is 6.91. The number of ether oxygens (including phenoxy) is 2. The number of nitrogens with zero attached hydrogens (tertiary/aromatic N) is 1. The van der Waals surface area contributed by atoms with Crippen LogP contribution in [0.3, 0.4) is 0 Å². The van der Waals surface area contributed by atoms with Crippen molar-refractivity contribution in [3.8, 4) is 11.5 Å². The van der Waals surface area contributed by atoms with Crippen molar-refractivity contribution in [2.24, 2.45) is 4.99 Å². The molecule has 0 saturated heterocycles. The third-order valence-corrected chi connectivity index (χ3v) is 3.51. The third kappa shape index (κ3) is 3.03. The molecule has 5 heteroatoms. The number of pyridine rings is 1. The fourth-order valence-electron chi connectivity index (χ4n) is 2.54. The number of rotatable bonds is 4. The Morgan fingerprint density at radius 3 is 2.09 bits per heavy atom. The van der Waals surface area contributed by atoms with E-state index >= 15 is 0 Å². The Kier molecular flexibility index (Phi) is 4.65. The Balaban J connectivity index is 2.66. The topological polar surface area (TPSA) is 63.7 Å². The molecule has 0 atom stereocenters. The number of hydrogen-bond donors (Lipinski definition) is 1. The summed E-state index contributed by atoms with van der Waals surface area (Å²) in [5.74, 6) is 1.38. The van der Waals surface area contributed by atoms with Crippen LogP contribution in [0.1, 0.15) is 22.4 Å². The van der Waals surface area contributed by atoms with Crippen LogP contribution in [0.25, 0.3) is 0 Å². The Labute approximate surface area is 129 Å². The molecule has 0 bridgehead atoms. The van der Waals surface area contributed by atoms with Gasteiger partial charge in [0, 0.05) is 36.0 Å². The van der Waals surface area contributed by atoms with E-state index in [2.05, 4.69) is 9.98 Å². The van der Waals surface area contributed by atoms with E-state index in [4.69, 9.17) is 9.47 Å². The number of aliphatic imine (C=N–C) groups is 1. The van der Waals surface area contributed by atoms with Gasteiger partial charge in [-0.2, -0.15) is 0 Å². The van der Waals surface area contributed by atoms with Gasteiger partial charge >= 0.3 is 0 Å². The molecule has 1 N–H and O–H groups in total. The van der Waals surface area contributed by atoms with E-state index in [1.807, 2.05) is 32.0 Å². The molecule has 0 aliphatic carbocycles. The highest BCUT2D eigenvalue weighted by Crippen LogP contribution is 2.26. The van der Waals surface area contributed by atoms with Gasteiger partial charge in [-0.3, -0.25) is 9.79 Å². The molecule has 0 unspecified atom stereocenters. The lowest BCUT2D eigenvalue weighted by atomic mass is 9.96. The summed E-state index contributed by atoms with van der Waals surface area (Å²) in [7, 11) is 4.95. The van der Waals surface area contributed by atoms with Gasteiger partial charge in [0.15, 0.2) is 0 Å². The van der Waals surface area contributed by atoms with E-state index in [0.29, 0.717) is 11.5 Å². The highest BCUT2D eigenvalue weighted by atomic mass is 16.5. The second kappa shape index (κ2) is 6.47. The van der Waals surface area contributed by atoms with Crippen LogP contribution in [0.2, 0.25) is 0 Å². The summed E-state index contributed by atoms with van der Waals surface area (Å²) in [6, 6.07) is 7.18. The summed E-state index contributed by atoms with van der Waals surface area (Å²) in [4.78, 5) is 18.8. The molecular formula is C17H20N2O3. The quantitative estimate of drug-likeness (QED) is 0.882. The van der Waals surface area contributed by atoms with Gasteiger partial charge in [-0.05, 0) is 31.5 Å². The zero-order valence-corrected chi connectivity index (χ0v) is 13.5. The first-order valence-corrected chi connectivity index (χ1v) is 6.91. The van der Waals surface area contributed by atoms with Gasteiger partial charge in [0.2, 0.25) is 5.56 Å². The maximum Gasteiger partial charge on any atom is 0.248 e. The number of nitrogens with one attached hydrogen (secondary N) is 1. The smallest absolute Gasteiger partial charge is 0.248 e. The van der Waals surface area contributed by atoms with Gasteiger partial charge in [0.25, 0.3) is 0 Å². The van der Waals surface area contributed by atoms with Crippen LogP contribution >= 0.6 is 0 Å². The molecule has 0 saturated carbocycles.